The van der Waals surface area contributed by atoms with Gasteiger partial charge in [-0.3, -0.25) is 4.90 Å². The SMILES string of the molecule is CCN(CCCl)C[C@@H](O)[C@H](O)[C@@H](O)[C@@H](O)C=O. The van der Waals surface area contributed by atoms with E-state index < -0.39 is 24.4 Å². The lowest BCUT2D eigenvalue weighted by Gasteiger charge is -2.28. The van der Waals surface area contributed by atoms with Crippen LogP contribution < -0.4 is 0 Å². The van der Waals surface area contributed by atoms with Gasteiger partial charge in [-0.1, -0.05) is 6.92 Å². The van der Waals surface area contributed by atoms with Gasteiger partial charge in [-0.25, -0.2) is 0 Å². The van der Waals surface area contributed by atoms with Gasteiger partial charge >= 0.3 is 0 Å². The molecule has 0 aromatic heterocycles. The third kappa shape index (κ3) is 5.76. The van der Waals surface area contributed by atoms with Crippen molar-refractivity contribution in [1.82, 2.24) is 4.90 Å². The molecule has 0 fully saturated rings. The maximum Gasteiger partial charge on any atom is 0.151 e. The molecule has 0 heterocycles. The van der Waals surface area contributed by atoms with E-state index in [9.17, 15) is 20.1 Å². The number of rotatable bonds is 9. The van der Waals surface area contributed by atoms with Crippen molar-refractivity contribution in [3.8, 4) is 0 Å². The Morgan fingerprint density at radius 3 is 2.24 bits per heavy atom. The molecule has 0 saturated heterocycles. The molecule has 0 saturated carbocycles. The third-order valence-electron chi connectivity index (χ3n) is 2.53. The highest BCUT2D eigenvalue weighted by molar-refractivity contribution is 6.18. The first-order chi connectivity index (χ1) is 7.97. The number of aldehydes is 1. The molecule has 0 unspecified atom stereocenters. The Kier molecular flexibility index (Phi) is 8.67. The molecule has 0 bridgehead atoms. The van der Waals surface area contributed by atoms with Crippen LogP contribution in [0.2, 0.25) is 0 Å². The largest absolute Gasteiger partial charge is 0.389 e. The zero-order valence-corrected chi connectivity index (χ0v) is 10.5. The van der Waals surface area contributed by atoms with E-state index in [2.05, 4.69) is 0 Å². The van der Waals surface area contributed by atoms with Crippen LogP contribution in [0.5, 0.6) is 0 Å². The Bertz CT molecular complexity index is 219. The molecular formula is C10H20ClNO5. The highest BCUT2D eigenvalue weighted by Gasteiger charge is 2.30. The molecule has 0 aliphatic rings. The van der Waals surface area contributed by atoms with Crippen LogP contribution in [-0.4, -0.2) is 81.5 Å². The number of halogens is 1. The molecule has 0 rings (SSSR count). The maximum absolute atomic E-state index is 10.2. The smallest absolute Gasteiger partial charge is 0.151 e. The number of likely N-dealkylation sites (N-methyl/N-ethyl adjacent to an activating group) is 1. The first-order valence-corrected chi connectivity index (χ1v) is 5.97. The van der Waals surface area contributed by atoms with E-state index in [-0.39, 0.29) is 12.8 Å². The second kappa shape index (κ2) is 8.79. The summed E-state index contributed by atoms with van der Waals surface area (Å²) < 4.78 is 0. The minimum absolute atomic E-state index is 0.104. The highest BCUT2D eigenvalue weighted by Crippen LogP contribution is 2.06. The minimum Gasteiger partial charge on any atom is -0.389 e. The van der Waals surface area contributed by atoms with Crippen molar-refractivity contribution >= 4 is 17.9 Å². The van der Waals surface area contributed by atoms with Crippen LogP contribution >= 0.6 is 11.6 Å². The molecule has 0 aliphatic carbocycles. The number of alkyl halides is 1. The maximum atomic E-state index is 10.2. The molecule has 0 aromatic rings. The lowest BCUT2D eigenvalue weighted by molar-refractivity contribution is -0.134. The molecule has 0 amide bonds. The topological polar surface area (TPSA) is 101 Å². The number of aliphatic hydroxyl groups excluding tert-OH is 4. The quantitative estimate of drug-likeness (QED) is 0.291. The zero-order valence-electron chi connectivity index (χ0n) is 9.74. The number of nitrogens with zero attached hydrogens (tertiary/aromatic N) is 1. The molecule has 4 atom stereocenters. The third-order valence-corrected chi connectivity index (χ3v) is 2.70. The van der Waals surface area contributed by atoms with Crippen LogP contribution in [0.3, 0.4) is 0 Å². The predicted octanol–water partition coefficient (Wildman–Crippen LogP) is -1.81. The van der Waals surface area contributed by atoms with Gasteiger partial charge in [-0.05, 0) is 6.54 Å². The van der Waals surface area contributed by atoms with Crippen LogP contribution in [0, 0.1) is 0 Å². The van der Waals surface area contributed by atoms with Gasteiger partial charge < -0.3 is 25.2 Å². The standard InChI is InChI=1S/C10H20ClNO5/c1-2-12(4-3-11)5-7(14)9(16)10(17)8(15)6-13/h6-10,14-17H,2-5H2,1H3/t7-,8+,9+,10+/m1/s1. The van der Waals surface area contributed by atoms with E-state index in [1.165, 1.54) is 0 Å². The van der Waals surface area contributed by atoms with Gasteiger partial charge in [0.15, 0.2) is 6.29 Å². The molecule has 4 N–H and O–H groups in total. The summed E-state index contributed by atoms with van der Waals surface area (Å²) in [6, 6.07) is 0. The summed E-state index contributed by atoms with van der Waals surface area (Å²) in [5, 5.41) is 37.5. The molecule has 0 aromatic carbocycles. The summed E-state index contributed by atoms with van der Waals surface area (Å²) in [6.07, 6.45) is -6.14. The average molecular weight is 270 g/mol. The highest BCUT2D eigenvalue weighted by atomic mass is 35.5. The Morgan fingerprint density at radius 1 is 1.24 bits per heavy atom. The van der Waals surface area contributed by atoms with Crippen LogP contribution in [-0.2, 0) is 4.79 Å². The van der Waals surface area contributed by atoms with Crippen molar-refractivity contribution in [2.45, 2.75) is 31.3 Å². The van der Waals surface area contributed by atoms with Crippen molar-refractivity contribution < 1.29 is 25.2 Å². The van der Waals surface area contributed by atoms with Crippen LogP contribution in [0.25, 0.3) is 0 Å². The van der Waals surface area contributed by atoms with Gasteiger partial charge in [0.25, 0.3) is 0 Å². The van der Waals surface area contributed by atoms with E-state index in [1.54, 1.807) is 4.90 Å². The normalized spacial score (nSPS) is 18.8. The van der Waals surface area contributed by atoms with Crippen LogP contribution in [0.15, 0.2) is 0 Å². The zero-order chi connectivity index (χ0) is 13.4. The predicted molar refractivity (Wildman–Crippen MR) is 62.9 cm³/mol. The van der Waals surface area contributed by atoms with E-state index >= 15 is 0 Å². The first-order valence-electron chi connectivity index (χ1n) is 5.43. The van der Waals surface area contributed by atoms with Crippen LogP contribution in [0.1, 0.15) is 6.92 Å². The van der Waals surface area contributed by atoms with Crippen molar-refractivity contribution in [2.24, 2.45) is 0 Å². The minimum atomic E-state index is -1.71. The fraction of sp³-hybridized carbons (Fsp3) is 0.900. The van der Waals surface area contributed by atoms with Gasteiger partial charge in [-0.2, -0.15) is 0 Å². The second-order valence-electron chi connectivity index (χ2n) is 3.76. The van der Waals surface area contributed by atoms with E-state index in [0.29, 0.717) is 19.0 Å². The Balaban J connectivity index is 4.28. The Morgan fingerprint density at radius 2 is 1.82 bits per heavy atom. The molecular weight excluding hydrogens is 250 g/mol. The summed E-state index contributed by atoms with van der Waals surface area (Å²) in [6.45, 7) is 3.13. The lowest BCUT2D eigenvalue weighted by atomic mass is 10.0. The summed E-state index contributed by atoms with van der Waals surface area (Å²) in [7, 11) is 0. The lowest BCUT2D eigenvalue weighted by Crippen LogP contribution is -2.49. The van der Waals surface area contributed by atoms with Crippen molar-refractivity contribution in [3.63, 3.8) is 0 Å². The van der Waals surface area contributed by atoms with E-state index in [1.807, 2.05) is 6.92 Å². The fourth-order valence-corrected chi connectivity index (χ4v) is 1.62. The second-order valence-corrected chi connectivity index (χ2v) is 4.14. The number of carbonyl (C=O) groups excluding carboxylic acids is 1. The van der Waals surface area contributed by atoms with Gasteiger partial charge in [-0.15, -0.1) is 11.6 Å². The molecule has 0 aliphatic heterocycles. The summed E-state index contributed by atoms with van der Waals surface area (Å²) >= 11 is 5.55. The van der Waals surface area contributed by atoms with E-state index in [0.717, 1.165) is 0 Å². The van der Waals surface area contributed by atoms with Crippen molar-refractivity contribution in [2.75, 3.05) is 25.5 Å². The number of carbonyl (C=O) groups is 1. The fourth-order valence-electron chi connectivity index (χ4n) is 1.38. The molecule has 17 heavy (non-hydrogen) atoms. The van der Waals surface area contributed by atoms with Crippen molar-refractivity contribution in [3.05, 3.63) is 0 Å². The number of hydrogen-bond donors (Lipinski definition) is 4. The van der Waals surface area contributed by atoms with Gasteiger partial charge in [0, 0.05) is 19.0 Å². The summed E-state index contributed by atoms with van der Waals surface area (Å²) in [4.78, 5) is 12.0. The molecule has 0 radical (unpaired) electrons. The summed E-state index contributed by atoms with van der Waals surface area (Å²) in [5.41, 5.74) is 0. The Hall–Kier alpha value is -0.240. The van der Waals surface area contributed by atoms with Gasteiger partial charge in [0.1, 0.15) is 18.3 Å². The van der Waals surface area contributed by atoms with Gasteiger partial charge in [0.05, 0.1) is 6.10 Å². The number of aliphatic hydroxyl groups is 4. The Labute approximate surface area is 105 Å². The molecule has 102 valence electrons. The average Bonchev–Trinajstić information content (AvgIpc) is 2.35. The monoisotopic (exact) mass is 269 g/mol. The summed E-state index contributed by atoms with van der Waals surface area (Å²) in [5.74, 6) is 0.385. The van der Waals surface area contributed by atoms with Crippen molar-refractivity contribution in [1.29, 1.82) is 0 Å². The molecule has 0 spiro atoms. The molecule has 7 heteroatoms. The van der Waals surface area contributed by atoms with Crippen LogP contribution in [0.4, 0.5) is 0 Å². The molecule has 6 nitrogen and oxygen atoms in total. The van der Waals surface area contributed by atoms with E-state index in [4.69, 9.17) is 16.7 Å². The first kappa shape index (κ1) is 16.8. The number of hydrogen-bond acceptors (Lipinski definition) is 6. The van der Waals surface area contributed by atoms with Gasteiger partial charge in [0.2, 0.25) is 0 Å².